The van der Waals surface area contributed by atoms with E-state index in [-0.39, 0.29) is 23.3 Å². The summed E-state index contributed by atoms with van der Waals surface area (Å²) in [6.45, 7) is 7.78. The van der Waals surface area contributed by atoms with Crippen LogP contribution in [0.1, 0.15) is 46.1 Å². The van der Waals surface area contributed by atoms with Crippen LogP contribution in [-0.2, 0) is 4.79 Å². The normalized spacial score (nSPS) is 18.4. The number of hydrogen-bond acceptors (Lipinski definition) is 5. The molecule has 1 saturated heterocycles. The van der Waals surface area contributed by atoms with Crippen molar-refractivity contribution in [2.45, 2.75) is 52.7 Å². The summed E-state index contributed by atoms with van der Waals surface area (Å²) < 4.78 is 11.2. The number of hydrogen-bond donors (Lipinski definition) is 0. The lowest BCUT2D eigenvalue weighted by atomic mass is 10.1. The third kappa shape index (κ3) is 4.35. The van der Waals surface area contributed by atoms with Gasteiger partial charge in [-0.3, -0.25) is 14.5 Å². The number of carbonyl (C=O) groups is 2. The highest BCUT2D eigenvalue weighted by atomic mass is 35.5. The Morgan fingerprint density at radius 3 is 2.50 bits per heavy atom. The molecule has 0 aliphatic carbocycles. The highest BCUT2D eigenvalue weighted by Crippen LogP contribution is 2.40. The second-order valence-electron chi connectivity index (χ2n) is 6.18. The van der Waals surface area contributed by atoms with Gasteiger partial charge in [0, 0.05) is 6.04 Å². The van der Waals surface area contributed by atoms with E-state index in [2.05, 4.69) is 0 Å². The van der Waals surface area contributed by atoms with Gasteiger partial charge in [-0.05, 0) is 62.2 Å². The Balaban J connectivity index is 2.35. The Morgan fingerprint density at radius 2 is 1.92 bits per heavy atom. The molecule has 7 heteroatoms. The number of imide groups is 1. The van der Waals surface area contributed by atoms with E-state index in [0.29, 0.717) is 33.4 Å². The first kappa shape index (κ1) is 20.6. The maximum absolute atomic E-state index is 12.5. The van der Waals surface area contributed by atoms with Crippen molar-refractivity contribution in [3.63, 3.8) is 0 Å². The smallest absolute Gasteiger partial charge is 0.293 e. The van der Waals surface area contributed by atoms with Gasteiger partial charge in [-0.2, -0.15) is 0 Å². The molecule has 2 rings (SSSR count). The Kier molecular flexibility index (Phi) is 7.01. The van der Waals surface area contributed by atoms with Crippen LogP contribution in [-0.4, -0.2) is 35.3 Å². The summed E-state index contributed by atoms with van der Waals surface area (Å²) >= 11 is 7.30. The molecule has 1 aliphatic rings. The monoisotopic (exact) mass is 397 g/mol. The van der Waals surface area contributed by atoms with Crippen molar-refractivity contribution < 1.29 is 19.1 Å². The molecular formula is C19H24ClNO4S. The zero-order valence-electron chi connectivity index (χ0n) is 15.7. The van der Waals surface area contributed by atoms with Crippen molar-refractivity contribution in [1.82, 2.24) is 4.90 Å². The van der Waals surface area contributed by atoms with Crippen LogP contribution in [0.2, 0.25) is 5.02 Å². The SMILES string of the molecule is CC[C@H](C)Oc1c(Cl)cc(/C=C2/SC(=O)N([C@@H](C)CC)C2=O)cc1OC. The third-order valence-electron chi connectivity index (χ3n) is 4.30. The van der Waals surface area contributed by atoms with Crippen LogP contribution < -0.4 is 9.47 Å². The van der Waals surface area contributed by atoms with E-state index >= 15 is 0 Å². The summed E-state index contributed by atoms with van der Waals surface area (Å²) in [6, 6.07) is 3.33. The van der Waals surface area contributed by atoms with Crippen LogP contribution >= 0.6 is 23.4 Å². The lowest BCUT2D eigenvalue weighted by Gasteiger charge is -2.19. The van der Waals surface area contributed by atoms with Crippen molar-refractivity contribution in [1.29, 1.82) is 0 Å². The molecule has 0 N–H and O–H groups in total. The number of nitrogens with zero attached hydrogens (tertiary/aromatic N) is 1. The van der Waals surface area contributed by atoms with Gasteiger partial charge in [0.05, 0.1) is 23.1 Å². The van der Waals surface area contributed by atoms with E-state index in [1.54, 1.807) is 18.2 Å². The summed E-state index contributed by atoms with van der Waals surface area (Å²) in [5.41, 5.74) is 0.679. The summed E-state index contributed by atoms with van der Waals surface area (Å²) in [6.07, 6.45) is 3.21. The van der Waals surface area contributed by atoms with Crippen molar-refractivity contribution in [3.8, 4) is 11.5 Å². The molecule has 0 spiro atoms. The fourth-order valence-corrected chi connectivity index (χ4v) is 3.61. The molecule has 0 aromatic heterocycles. The number of methoxy groups -OCH3 is 1. The topological polar surface area (TPSA) is 55.8 Å². The van der Waals surface area contributed by atoms with Crippen molar-refractivity contribution >= 4 is 40.6 Å². The predicted molar refractivity (Wildman–Crippen MR) is 106 cm³/mol. The lowest BCUT2D eigenvalue weighted by Crippen LogP contribution is -2.36. The van der Waals surface area contributed by atoms with E-state index in [9.17, 15) is 9.59 Å². The first-order valence-corrected chi connectivity index (χ1v) is 9.83. The van der Waals surface area contributed by atoms with Crippen LogP contribution in [0, 0.1) is 0 Å². The van der Waals surface area contributed by atoms with E-state index in [1.807, 2.05) is 27.7 Å². The molecule has 0 saturated carbocycles. The minimum absolute atomic E-state index is 0.000666. The molecule has 0 radical (unpaired) electrons. The molecule has 26 heavy (non-hydrogen) atoms. The highest BCUT2D eigenvalue weighted by molar-refractivity contribution is 8.18. The van der Waals surface area contributed by atoms with Crippen molar-refractivity contribution in [2.24, 2.45) is 0 Å². The zero-order chi connectivity index (χ0) is 19.4. The van der Waals surface area contributed by atoms with Crippen LogP contribution in [0.25, 0.3) is 6.08 Å². The number of benzene rings is 1. The Hall–Kier alpha value is -1.66. The standard InChI is InChI=1S/C19H24ClNO4S/c1-6-11(3)21-18(22)16(26-19(21)23)10-13-8-14(20)17(15(9-13)24-5)25-12(4)7-2/h8-12H,6-7H2,1-5H3/b16-10+/t11-,12-/m0/s1. The van der Waals surface area contributed by atoms with Crippen molar-refractivity contribution in [3.05, 3.63) is 27.6 Å². The average Bonchev–Trinajstić information content (AvgIpc) is 2.89. The number of amides is 2. The molecule has 1 fully saturated rings. The second-order valence-corrected chi connectivity index (χ2v) is 7.58. The molecule has 0 bridgehead atoms. The van der Waals surface area contributed by atoms with Gasteiger partial charge in [0.15, 0.2) is 11.5 Å². The van der Waals surface area contributed by atoms with E-state index in [1.165, 1.54) is 12.0 Å². The number of halogens is 1. The molecule has 2 amide bonds. The number of rotatable bonds is 7. The molecule has 0 unspecified atom stereocenters. The van der Waals surface area contributed by atoms with Crippen molar-refractivity contribution in [2.75, 3.05) is 7.11 Å². The lowest BCUT2D eigenvalue weighted by molar-refractivity contribution is -0.124. The molecular weight excluding hydrogens is 374 g/mol. The molecule has 2 atom stereocenters. The quantitative estimate of drug-likeness (QED) is 0.579. The van der Waals surface area contributed by atoms with E-state index < -0.39 is 0 Å². The van der Waals surface area contributed by atoms with Crippen LogP contribution in [0.5, 0.6) is 11.5 Å². The minimum atomic E-state index is -0.274. The van der Waals surface area contributed by atoms with Gasteiger partial charge in [-0.25, -0.2) is 0 Å². The van der Waals surface area contributed by atoms with Gasteiger partial charge >= 0.3 is 0 Å². The fraction of sp³-hybridized carbons (Fsp3) is 0.474. The van der Waals surface area contributed by atoms with E-state index in [4.69, 9.17) is 21.1 Å². The number of carbonyl (C=O) groups excluding carboxylic acids is 2. The van der Waals surface area contributed by atoms with Crippen LogP contribution in [0.15, 0.2) is 17.0 Å². The zero-order valence-corrected chi connectivity index (χ0v) is 17.2. The number of thioether (sulfide) groups is 1. The Labute approximate surface area is 163 Å². The minimum Gasteiger partial charge on any atom is -0.493 e. The average molecular weight is 398 g/mol. The first-order chi connectivity index (χ1) is 12.3. The summed E-state index contributed by atoms with van der Waals surface area (Å²) in [7, 11) is 1.54. The van der Waals surface area contributed by atoms with Gasteiger partial charge in [-0.15, -0.1) is 0 Å². The molecule has 5 nitrogen and oxygen atoms in total. The first-order valence-electron chi connectivity index (χ1n) is 8.63. The molecule has 142 valence electrons. The molecule has 1 aliphatic heterocycles. The van der Waals surface area contributed by atoms with Gasteiger partial charge < -0.3 is 9.47 Å². The fourth-order valence-electron chi connectivity index (χ4n) is 2.42. The molecule has 1 aromatic carbocycles. The molecule has 1 heterocycles. The Bertz CT molecular complexity index is 734. The largest absolute Gasteiger partial charge is 0.493 e. The third-order valence-corrected chi connectivity index (χ3v) is 5.46. The van der Waals surface area contributed by atoms with Crippen LogP contribution in [0.3, 0.4) is 0 Å². The molecule has 1 aromatic rings. The Morgan fingerprint density at radius 1 is 1.23 bits per heavy atom. The van der Waals surface area contributed by atoms with Gasteiger partial charge in [0.25, 0.3) is 11.1 Å². The van der Waals surface area contributed by atoms with Gasteiger partial charge in [0.1, 0.15) is 0 Å². The van der Waals surface area contributed by atoms with Gasteiger partial charge in [0.2, 0.25) is 0 Å². The maximum atomic E-state index is 12.5. The highest BCUT2D eigenvalue weighted by Gasteiger charge is 2.37. The number of ether oxygens (including phenoxy) is 2. The van der Waals surface area contributed by atoms with Crippen LogP contribution in [0.4, 0.5) is 4.79 Å². The summed E-state index contributed by atoms with van der Waals surface area (Å²) in [5, 5.41) is 0.155. The van der Waals surface area contributed by atoms with Gasteiger partial charge in [-0.1, -0.05) is 25.4 Å². The maximum Gasteiger partial charge on any atom is 0.293 e. The second kappa shape index (κ2) is 8.82. The summed E-state index contributed by atoms with van der Waals surface area (Å²) in [4.78, 5) is 26.4. The predicted octanol–water partition coefficient (Wildman–Crippen LogP) is 5.36. The van der Waals surface area contributed by atoms with E-state index in [0.717, 1.165) is 18.2 Å². The summed E-state index contributed by atoms with van der Waals surface area (Å²) in [5.74, 6) is 0.697.